The lowest BCUT2D eigenvalue weighted by Gasteiger charge is -2.18. The zero-order valence-corrected chi connectivity index (χ0v) is 8.99. The van der Waals surface area contributed by atoms with E-state index in [4.69, 9.17) is 0 Å². The van der Waals surface area contributed by atoms with Gasteiger partial charge in [0, 0.05) is 37.9 Å². The molecule has 15 heavy (non-hydrogen) atoms. The first-order valence-corrected chi connectivity index (χ1v) is 4.95. The highest BCUT2D eigenvalue weighted by Gasteiger charge is 2.03. The van der Waals surface area contributed by atoms with E-state index in [1.165, 1.54) is 5.69 Å². The zero-order valence-electron chi connectivity index (χ0n) is 8.99. The summed E-state index contributed by atoms with van der Waals surface area (Å²) in [5.41, 5.74) is 3.44. The Morgan fingerprint density at radius 2 is 2.07 bits per heavy atom. The molecule has 0 atom stereocenters. The van der Waals surface area contributed by atoms with Crippen molar-refractivity contribution in [3.63, 3.8) is 0 Å². The highest BCUT2D eigenvalue weighted by Crippen LogP contribution is 2.24. The molecule has 1 heterocycles. The van der Waals surface area contributed by atoms with Gasteiger partial charge in [0.2, 0.25) is 0 Å². The van der Waals surface area contributed by atoms with E-state index >= 15 is 0 Å². The van der Waals surface area contributed by atoms with E-state index in [1.54, 1.807) is 0 Å². The van der Waals surface area contributed by atoms with Crippen LogP contribution in [0, 0.1) is 0 Å². The Labute approximate surface area is 89.7 Å². The standard InChI is InChI=1S/C12H15N3/c1-13-10-4-3-5-11(8-10)15(2)12-6-7-14-9-12/h3-9,13-14H,1-2H3. The second-order valence-corrected chi connectivity index (χ2v) is 3.43. The molecule has 0 spiro atoms. The van der Waals surface area contributed by atoms with Gasteiger partial charge in [0.25, 0.3) is 0 Å². The fraction of sp³-hybridized carbons (Fsp3) is 0.167. The molecule has 0 saturated heterocycles. The molecular weight excluding hydrogens is 186 g/mol. The van der Waals surface area contributed by atoms with Crippen molar-refractivity contribution in [3.05, 3.63) is 42.7 Å². The molecule has 3 nitrogen and oxygen atoms in total. The quantitative estimate of drug-likeness (QED) is 0.800. The molecule has 78 valence electrons. The summed E-state index contributed by atoms with van der Waals surface area (Å²) >= 11 is 0. The van der Waals surface area contributed by atoms with Crippen molar-refractivity contribution in [3.8, 4) is 0 Å². The Morgan fingerprint density at radius 3 is 2.73 bits per heavy atom. The van der Waals surface area contributed by atoms with Crippen LogP contribution in [0.15, 0.2) is 42.7 Å². The minimum Gasteiger partial charge on any atom is -0.388 e. The molecule has 2 aromatic rings. The fourth-order valence-corrected chi connectivity index (χ4v) is 1.54. The zero-order chi connectivity index (χ0) is 10.7. The van der Waals surface area contributed by atoms with Gasteiger partial charge in [-0.25, -0.2) is 0 Å². The lowest BCUT2D eigenvalue weighted by atomic mass is 10.2. The first-order chi connectivity index (χ1) is 7.31. The highest BCUT2D eigenvalue weighted by atomic mass is 15.1. The summed E-state index contributed by atoms with van der Waals surface area (Å²) in [5, 5.41) is 3.13. The van der Waals surface area contributed by atoms with Gasteiger partial charge in [-0.15, -0.1) is 0 Å². The molecule has 0 bridgehead atoms. The summed E-state index contributed by atoms with van der Waals surface area (Å²) in [6.07, 6.45) is 3.90. The number of benzene rings is 1. The van der Waals surface area contributed by atoms with Crippen LogP contribution in [0.1, 0.15) is 0 Å². The number of rotatable bonds is 3. The van der Waals surface area contributed by atoms with Gasteiger partial charge in [-0.05, 0) is 24.3 Å². The Morgan fingerprint density at radius 1 is 1.20 bits per heavy atom. The Hall–Kier alpha value is -1.90. The van der Waals surface area contributed by atoms with Gasteiger partial charge in [-0.2, -0.15) is 0 Å². The highest BCUT2D eigenvalue weighted by molar-refractivity contribution is 5.66. The second-order valence-electron chi connectivity index (χ2n) is 3.43. The van der Waals surface area contributed by atoms with Crippen LogP contribution in [0.5, 0.6) is 0 Å². The van der Waals surface area contributed by atoms with Crippen molar-refractivity contribution in [2.45, 2.75) is 0 Å². The SMILES string of the molecule is CNc1cccc(N(C)c2cc[nH]c2)c1. The minimum atomic E-state index is 1.12. The van der Waals surface area contributed by atoms with Gasteiger partial charge < -0.3 is 15.2 Å². The third-order valence-corrected chi connectivity index (χ3v) is 2.49. The van der Waals surface area contributed by atoms with E-state index in [-0.39, 0.29) is 0 Å². The van der Waals surface area contributed by atoms with Crippen molar-refractivity contribution in [1.29, 1.82) is 0 Å². The molecular formula is C12H15N3. The van der Waals surface area contributed by atoms with Crippen LogP contribution in [0.3, 0.4) is 0 Å². The molecule has 2 rings (SSSR count). The number of hydrogen-bond acceptors (Lipinski definition) is 2. The minimum absolute atomic E-state index is 1.12. The van der Waals surface area contributed by atoms with E-state index < -0.39 is 0 Å². The van der Waals surface area contributed by atoms with Gasteiger partial charge in [-0.3, -0.25) is 0 Å². The molecule has 0 unspecified atom stereocenters. The molecule has 0 radical (unpaired) electrons. The van der Waals surface area contributed by atoms with E-state index in [0.717, 1.165) is 11.4 Å². The van der Waals surface area contributed by atoms with Gasteiger partial charge in [0.15, 0.2) is 0 Å². The van der Waals surface area contributed by atoms with E-state index in [1.807, 2.05) is 31.6 Å². The van der Waals surface area contributed by atoms with Crippen LogP contribution < -0.4 is 10.2 Å². The summed E-state index contributed by atoms with van der Waals surface area (Å²) < 4.78 is 0. The molecule has 0 fully saturated rings. The molecule has 1 aromatic carbocycles. The molecule has 0 aliphatic heterocycles. The molecule has 1 aromatic heterocycles. The van der Waals surface area contributed by atoms with Gasteiger partial charge in [0.1, 0.15) is 0 Å². The summed E-state index contributed by atoms with van der Waals surface area (Å²) in [6.45, 7) is 0. The Kier molecular flexibility index (Phi) is 2.63. The number of anilines is 3. The summed E-state index contributed by atoms with van der Waals surface area (Å²) in [6, 6.07) is 10.4. The van der Waals surface area contributed by atoms with Crippen LogP contribution >= 0.6 is 0 Å². The molecule has 0 amide bonds. The third-order valence-electron chi connectivity index (χ3n) is 2.49. The first kappa shape index (κ1) is 9.65. The third kappa shape index (κ3) is 1.96. The first-order valence-electron chi connectivity index (χ1n) is 4.95. The van der Waals surface area contributed by atoms with Gasteiger partial charge in [-0.1, -0.05) is 6.07 Å². The summed E-state index contributed by atoms with van der Waals surface area (Å²) in [5.74, 6) is 0. The second kappa shape index (κ2) is 4.09. The number of nitrogens with zero attached hydrogens (tertiary/aromatic N) is 1. The van der Waals surface area contributed by atoms with Crippen LogP contribution in [-0.2, 0) is 0 Å². The average molecular weight is 201 g/mol. The summed E-state index contributed by atoms with van der Waals surface area (Å²) in [4.78, 5) is 5.19. The Bertz CT molecular complexity index is 420. The van der Waals surface area contributed by atoms with Crippen molar-refractivity contribution < 1.29 is 0 Å². The van der Waals surface area contributed by atoms with Crippen LogP contribution in [0.25, 0.3) is 0 Å². The topological polar surface area (TPSA) is 31.1 Å². The van der Waals surface area contributed by atoms with Gasteiger partial charge >= 0.3 is 0 Å². The molecule has 2 N–H and O–H groups in total. The van der Waals surface area contributed by atoms with E-state index in [0.29, 0.717) is 0 Å². The lowest BCUT2D eigenvalue weighted by molar-refractivity contribution is 1.21. The maximum atomic E-state index is 3.13. The Balaban J connectivity index is 2.29. The van der Waals surface area contributed by atoms with Crippen molar-refractivity contribution in [2.75, 3.05) is 24.3 Å². The predicted octanol–water partition coefficient (Wildman–Crippen LogP) is 2.82. The molecule has 3 heteroatoms. The molecule has 0 aliphatic rings. The largest absolute Gasteiger partial charge is 0.388 e. The maximum absolute atomic E-state index is 3.13. The van der Waals surface area contributed by atoms with Gasteiger partial charge in [0.05, 0.1) is 5.69 Å². The van der Waals surface area contributed by atoms with Crippen LogP contribution in [-0.4, -0.2) is 19.1 Å². The summed E-state index contributed by atoms with van der Waals surface area (Å²) in [7, 11) is 3.98. The van der Waals surface area contributed by atoms with Crippen molar-refractivity contribution in [1.82, 2.24) is 4.98 Å². The van der Waals surface area contributed by atoms with Crippen molar-refractivity contribution >= 4 is 17.1 Å². The number of H-pyrrole nitrogens is 1. The number of hydrogen-bond donors (Lipinski definition) is 2. The smallest absolute Gasteiger partial charge is 0.0585 e. The number of aromatic amines is 1. The van der Waals surface area contributed by atoms with Crippen molar-refractivity contribution in [2.24, 2.45) is 0 Å². The maximum Gasteiger partial charge on any atom is 0.0585 e. The predicted molar refractivity (Wildman–Crippen MR) is 64.8 cm³/mol. The van der Waals surface area contributed by atoms with E-state index in [9.17, 15) is 0 Å². The molecule has 0 aliphatic carbocycles. The molecule has 0 saturated carbocycles. The van der Waals surface area contributed by atoms with Crippen LogP contribution in [0.2, 0.25) is 0 Å². The van der Waals surface area contributed by atoms with Crippen LogP contribution in [0.4, 0.5) is 17.1 Å². The fourth-order valence-electron chi connectivity index (χ4n) is 1.54. The number of nitrogens with one attached hydrogen (secondary N) is 2. The normalized spacial score (nSPS) is 10.0. The monoisotopic (exact) mass is 201 g/mol. The average Bonchev–Trinajstić information content (AvgIpc) is 2.81. The lowest BCUT2D eigenvalue weighted by Crippen LogP contribution is -2.08. The number of aromatic nitrogens is 1. The van der Waals surface area contributed by atoms with E-state index in [2.05, 4.69) is 40.4 Å².